The SMILES string of the molecule is Clc1ccc(/C=C2\CCc3ccccc32)cc1. The molecule has 0 saturated carbocycles. The normalized spacial score (nSPS) is 16.2. The van der Waals surface area contributed by atoms with Crippen LogP contribution in [0.2, 0.25) is 5.02 Å². The summed E-state index contributed by atoms with van der Waals surface area (Å²) in [6.45, 7) is 0. The first kappa shape index (κ1) is 10.6. The monoisotopic (exact) mass is 240 g/mol. The second-order valence-electron chi connectivity index (χ2n) is 4.38. The highest BCUT2D eigenvalue weighted by molar-refractivity contribution is 6.30. The van der Waals surface area contributed by atoms with Gasteiger partial charge in [-0.3, -0.25) is 0 Å². The van der Waals surface area contributed by atoms with Crippen LogP contribution in [0, 0.1) is 0 Å². The number of fused-ring (bicyclic) bond motifs is 1. The predicted molar refractivity (Wildman–Crippen MR) is 74.1 cm³/mol. The first-order valence-corrected chi connectivity index (χ1v) is 6.25. The summed E-state index contributed by atoms with van der Waals surface area (Å²) in [4.78, 5) is 0. The van der Waals surface area contributed by atoms with Crippen LogP contribution in [0.3, 0.4) is 0 Å². The Morgan fingerprint density at radius 3 is 2.47 bits per heavy atom. The van der Waals surface area contributed by atoms with Crippen LogP contribution >= 0.6 is 11.6 Å². The summed E-state index contributed by atoms with van der Waals surface area (Å²) in [6.07, 6.45) is 4.57. The number of halogens is 1. The molecule has 0 radical (unpaired) electrons. The van der Waals surface area contributed by atoms with Gasteiger partial charge in [-0.15, -0.1) is 0 Å². The number of hydrogen-bond acceptors (Lipinski definition) is 0. The molecule has 0 spiro atoms. The molecule has 0 N–H and O–H groups in total. The molecule has 2 aromatic rings. The zero-order valence-electron chi connectivity index (χ0n) is 9.49. The van der Waals surface area contributed by atoms with Crippen molar-refractivity contribution in [1.82, 2.24) is 0 Å². The smallest absolute Gasteiger partial charge is 0.0406 e. The van der Waals surface area contributed by atoms with Crippen LogP contribution in [0.4, 0.5) is 0 Å². The minimum atomic E-state index is 0.791. The third-order valence-electron chi connectivity index (χ3n) is 3.24. The van der Waals surface area contributed by atoms with Crippen LogP contribution in [0.1, 0.15) is 23.1 Å². The summed E-state index contributed by atoms with van der Waals surface area (Å²) in [6, 6.07) is 16.7. The number of hydrogen-bond donors (Lipinski definition) is 0. The van der Waals surface area contributed by atoms with Gasteiger partial charge in [0.2, 0.25) is 0 Å². The zero-order chi connectivity index (χ0) is 11.7. The average molecular weight is 241 g/mol. The number of rotatable bonds is 1. The topological polar surface area (TPSA) is 0 Å². The van der Waals surface area contributed by atoms with Gasteiger partial charge in [0, 0.05) is 5.02 Å². The first-order chi connectivity index (χ1) is 8.33. The first-order valence-electron chi connectivity index (χ1n) is 5.87. The Labute approximate surface area is 107 Å². The summed E-state index contributed by atoms with van der Waals surface area (Å²) in [7, 11) is 0. The van der Waals surface area contributed by atoms with Crippen LogP contribution in [0.5, 0.6) is 0 Å². The Morgan fingerprint density at radius 2 is 1.65 bits per heavy atom. The maximum Gasteiger partial charge on any atom is 0.0406 e. The van der Waals surface area contributed by atoms with Gasteiger partial charge in [0.05, 0.1) is 0 Å². The molecule has 0 aliphatic heterocycles. The van der Waals surface area contributed by atoms with E-state index >= 15 is 0 Å². The molecule has 0 heterocycles. The van der Waals surface area contributed by atoms with Gasteiger partial charge in [-0.05, 0) is 47.2 Å². The van der Waals surface area contributed by atoms with Crippen molar-refractivity contribution >= 4 is 23.3 Å². The van der Waals surface area contributed by atoms with E-state index in [0.29, 0.717) is 0 Å². The van der Waals surface area contributed by atoms with Gasteiger partial charge < -0.3 is 0 Å². The molecule has 0 atom stereocenters. The second kappa shape index (κ2) is 4.38. The summed E-state index contributed by atoms with van der Waals surface area (Å²) < 4.78 is 0. The lowest BCUT2D eigenvalue weighted by molar-refractivity contribution is 1.08. The molecule has 0 unspecified atom stereocenters. The standard InChI is InChI=1S/C16H13Cl/c17-15-9-5-12(6-10-15)11-14-8-7-13-3-1-2-4-16(13)14/h1-6,9-11H,7-8H2/b14-11+. The van der Waals surface area contributed by atoms with E-state index in [1.54, 1.807) is 0 Å². The highest BCUT2D eigenvalue weighted by Gasteiger charge is 2.14. The largest absolute Gasteiger partial charge is 0.0843 e. The van der Waals surface area contributed by atoms with Gasteiger partial charge in [-0.2, -0.15) is 0 Å². The average Bonchev–Trinajstić information content (AvgIpc) is 2.76. The van der Waals surface area contributed by atoms with E-state index in [1.165, 1.54) is 22.3 Å². The number of allylic oxidation sites excluding steroid dienone is 1. The van der Waals surface area contributed by atoms with Gasteiger partial charge in [-0.25, -0.2) is 0 Å². The van der Waals surface area contributed by atoms with Crippen LogP contribution < -0.4 is 0 Å². The Morgan fingerprint density at radius 1 is 0.882 bits per heavy atom. The lowest BCUT2D eigenvalue weighted by atomic mass is 10.0. The van der Waals surface area contributed by atoms with Gasteiger partial charge in [0.1, 0.15) is 0 Å². The van der Waals surface area contributed by atoms with Gasteiger partial charge >= 0.3 is 0 Å². The quantitative estimate of drug-likeness (QED) is 0.670. The molecular weight excluding hydrogens is 228 g/mol. The fourth-order valence-electron chi connectivity index (χ4n) is 2.37. The maximum atomic E-state index is 5.89. The minimum absolute atomic E-state index is 0.791. The highest BCUT2D eigenvalue weighted by atomic mass is 35.5. The minimum Gasteiger partial charge on any atom is -0.0843 e. The summed E-state index contributed by atoms with van der Waals surface area (Å²) in [5, 5.41) is 0.791. The van der Waals surface area contributed by atoms with E-state index < -0.39 is 0 Å². The molecule has 3 rings (SSSR count). The Kier molecular flexibility index (Phi) is 2.74. The van der Waals surface area contributed by atoms with Gasteiger partial charge in [0.25, 0.3) is 0 Å². The van der Waals surface area contributed by atoms with E-state index in [-0.39, 0.29) is 0 Å². The van der Waals surface area contributed by atoms with Gasteiger partial charge in [0.15, 0.2) is 0 Å². The number of aryl methyl sites for hydroxylation is 1. The van der Waals surface area contributed by atoms with Crippen molar-refractivity contribution < 1.29 is 0 Å². The van der Waals surface area contributed by atoms with Crippen LogP contribution in [0.15, 0.2) is 48.5 Å². The molecule has 0 nitrogen and oxygen atoms in total. The van der Waals surface area contributed by atoms with E-state index in [9.17, 15) is 0 Å². The molecule has 0 fully saturated rings. The van der Waals surface area contributed by atoms with Gasteiger partial charge in [-0.1, -0.05) is 54.1 Å². The third kappa shape index (κ3) is 2.13. The number of benzene rings is 2. The molecule has 0 amide bonds. The van der Waals surface area contributed by atoms with Crippen molar-refractivity contribution in [3.63, 3.8) is 0 Å². The summed E-state index contributed by atoms with van der Waals surface area (Å²) in [5.41, 5.74) is 5.53. The second-order valence-corrected chi connectivity index (χ2v) is 4.81. The molecule has 1 aliphatic rings. The highest BCUT2D eigenvalue weighted by Crippen LogP contribution is 2.33. The summed E-state index contributed by atoms with van der Waals surface area (Å²) in [5.74, 6) is 0. The lowest BCUT2D eigenvalue weighted by Gasteiger charge is -2.01. The fourth-order valence-corrected chi connectivity index (χ4v) is 2.49. The van der Waals surface area contributed by atoms with E-state index in [4.69, 9.17) is 11.6 Å². The zero-order valence-corrected chi connectivity index (χ0v) is 10.2. The Bertz CT molecular complexity index is 564. The molecule has 84 valence electrons. The molecule has 2 aromatic carbocycles. The predicted octanol–water partition coefficient (Wildman–Crippen LogP) is 4.83. The molecule has 17 heavy (non-hydrogen) atoms. The van der Waals surface area contributed by atoms with Crippen LogP contribution in [-0.2, 0) is 6.42 Å². The molecule has 1 heteroatoms. The van der Waals surface area contributed by atoms with Crippen molar-refractivity contribution in [2.24, 2.45) is 0 Å². The van der Waals surface area contributed by atoms with Crippen LogP contribution in [0.25, 0.3) is 11.6 Å². The van der Waals surface area contributed by atoms with E-state index in [1.807, 2.05) is 12.1 Å². The Balaban J connectivity index is 1.99. The third-order valence-corrected chi connectivity index (χ3v) is 3.49. The molecule has 1 aliphatic carbocycles. The summed E-state index contributed by atoms with van der Waals surface area (Å²) >= 11 is 5.89. The van der Waals surface area contributed by atoms with Crippen molar-refractivity contribution in [2.45, 2.75) is 12.8 Å². The Hall–Kier alpha value is -1.53. The molecular formula is C16H13Cl. The van der Waals surface area contributed by atoms with Crippen molar-refractivity contribution in [3.8, 4) is 0 Å². The van der Waals surface area contributed by atoms with Crippen molar-refractivity contribution in [2.75, 3.05) is 0 Å². The molecule has 0 saturated heterocycles. The lowest BCUT2D eigenvalue weighted by Crippen LogP contribution is -1.79. The molecule has 0 aromatic heterocycles. The van der Waals surface area contributed by atoms with Crippen molar-refractivity contribution in [3.05, 3.63) is 70.2 Å². The van der Waals surface area contributed by atoms with Crippen LogP contribution in [-0.4, -0.2) is 0 Å². The van der Waals surface area contributed by atoms with E-state index in [0.717, 1.165) is 17.9 Å². The molecule has 0 bridgehead atoms. The maximum absolute atomic E-state index is 5.89. The van der Waals surface area contributed by atoms with E-state index in [2.05, 4.69) is 42.5 Å². The fraction of sp³-hybridized carbons (Fsp3) is 0.125. The van der Waals surface area contributed by atoms with Crippen molar-refractivity contribution in [1.29, 1.82) is 0 Å².